The number of para-hydroxylation sites is 1. The van der Waals surface area contributed by atoms with Crippen LogP contribution in [0.25, 0.3) is 0 Å². The molecule has 0 bridgehead atoms. The molecule has 0 aliphatic carbocycles. The molecule has 1 heterocycles. The zero-order chi connectivity index (χ0) is 9.10. The Morgan fingerprint density at radius 3 is 2.85 bits per heavy atom. The van der Waals surface area contributed by atoms with Crippen molar-refractivity contribution in [2.24, 2.45) is 0 Å². The van der Waals surface area contributed by atoms with Crippen LogP contribution >= 0.6 is 27.5 Å². The molecular formula is C8H5BrN2OS. The number of halogens is 1. The van der Waals surface area contributed by atoms with E-state index in [-0.39, 0.29) is 0 Å². The summed E-state index contributed by atoms with van der Waals surface area (Å²) in [6.45, 7) is 0. The van der Waals surface area contributed by atoms with E-state index in [0.29, 0.717) is 5.19 Å². The number of ether oxygens (including phenoxy) is 1. The highest BCUT2D eigenvalue weighted by atomic mass is 79.9. The predicted octanol–water partition coefficient (Wildman–Crippen LogP) is 3.09. The van der Waals surface area contributed by atoms with E-state index in [2.05, 4.69) is 25.3 Å². The van der Waals surface area contributed by atoms with Crippen molar-refractivity contribution in [2.45, 2.75) is 0 Å². The number of hydrogen-bond donors (Lipinski definition) is 0. The van der Waals surface area contributed by atoms with Crippen molar-refractivity contribution in [1.29, 1.82) is 0 Å². The Balaban J connectivity index is 2.24. The Bertz CT molecular complexity index is 391. The van der Waals surface area contributed by atoms with Crippen LogP contribution in [0.2, 0.25) is 0 Å². The molecule has 2 rings (SSSR count). The van der Waals surface area contributed by atoms with E-state index in [1.807, 2.05) is 24.3 Å². The largest absolute Gasteiger partial charge is 0.429 e. The first-order valence-corrected chi connectivity index (χ1v) is 5.12. The smallest absolute Gasteiger partial charge is 0.298 e. The summed E-state index contributed by atoms with van der Waals surface area (Å²) >= 11 is 4.60. The van der Waals surface area contributed by atoms with Gasteiger partial charge in [0, 0.05) is 11.5 Å². The minimum atomic E-state index is 0.548. The molecule has 0 aliphatic heterocycles. The highest BCUT2D eigenvalue weighted by molar-refractivity contribution is 9.10. The van der Waals surface area contributed by atoms with E-state index in [0.717, 1.165) is 10.2 Å². The van der Waals surface area contributed by atoms with Crippen LogP contribution in [0.15, 0.2) is 35.1 Å². The molecule has 66 valence electrons. The number of rotatable bonds is 2. The molecule has 0 aliphatic rings. The summed E-state index contributed by atoms with van der Waals surface area (Å²) < 4.78 is 10.2. The lowest BCUT2D eigenvalue weighted by Crippen LogP contribution is -1.82. The Morgan fingerprint density at radius 1 is 1.31 bits per heavy atom. The summed E-state index contributed by atoms with van der Waals surface area (Å²) in [6.07, 6.45) is 1.47. The van der Waals surface area contributed by atoms with Crippen LogP contribution in [0.4, 0.5) is 0 Å². The highest BCUT2D eigenvalue weighted by Crippen LogP contribution is 2.29. The molecule has 3 nitrogen and oxygen atoms in total. The average molecular weight is 257 g/mol. The first-order valence-electron chi connectivity index (χ1n) is 3.55. The molecule has 0 amide bonds. The third kappa shape index (κ3) is 2.05. The van der Waals surface area contributed by atoms with Crippen LogP contribution in [-0.4, -0.2) is 9.36 Å². The summed E-state index contributed by atoms with van der Waals surface area (Å²) in [4.78, 5) is 3.92. The molecule has 0 saturated heterocycles. The second-order valence-electron chi connectivity index (χ2n) is 2.24. The highest BCUT2D eigenvalue weighted by Gasteiger charge is 2.02. The van der Waals surface area contributed by atoms with Crippen molar-refractivity contribution in [3.63, 3.8) is 0 Å². The number of aromatic nitrogens is 2. The number of nitrogens with zero attached hydrogens (tertiary/aromatic N) is 2. The molecular weight excluding hydrogens is 252 g/mol. The minimum Gasteiger partial charge on any atom is -0.429 e. The molecule has 0 spiro atoms. The first-order chi connectivity index (χ1) is 6.36. The minimum absolute atomic E-state index is 0.548. The molecule has 0 N–H and O–H groups in total. The quantitative estimate of drug-likeness (QED) is 0.829. The molecule has 1 aromatic carbocycles. The maximum atomic E-state index is 5.45. The molecule has 1 aromatic heterocycles. The van der Waals surface area contributed by atoms with Crippen molar-refractivity contribution in [3.8, 4) is 10.9 Å². The van der Waals surface area contributed by atoms with Gasteiger partial charge >= 0.3 is 0 Å². The van der Waals surface area contributed by atoms with Gasteiger partial charge in [0.25, 0.3) is 5.19 Å². The number of benzene rings is 1. The van der Waals surface area contributed by atoms with Gasteiger partial charge in [0.05, 0.1) is 4.47 Å². The van der Waals surface area contributed by atoms with Gasteiger partial charge in [-0.1, -0.05) is 12.1 Å². The van der Waals surface area contributed by atoms with Gasteiger partial charge in [-0.05, 0) is 28.1 Å². The Hall–Kier alpha value is -0.940. The van der Waals surface area contributed by atoms with Crippen LogP contribution in [0, 0.1) is 0 Å². The summed E-state index contributed by atoms with van der Waals surface area (Å²) in [5.74, 6) is 0.749. The fraction of sp³-hybridized carbons (Fsp3) is 0. The summed E-state index contributed by atoms with van der Waals surface area (Å²) in [6, 6.07) is 7.61. The zero-order valence-corrected chi connectivity index (χ0v) is 8.88. The van der Waals surface area contributed by atoms with Crippen LogP contribution in [0.5, 0.6) is 10.9 Å². The topological polar surface area (TPSA) is 35.0 Å². The van der Waals surface area contributed by atoms with Gasteiger partial charge in [0.2, 0.25) is 0 Å². The maximum Gasteiger partial charge on any atom is 0.298 e. The van der Waals surface area contributed by atoms with Gasteiger partial charge in [-0.25, -0.2) is 0 Å². The maximum absolute atomic E-state index is 5.45. The SMILES string of the molecule is Brc1ccccc1Oc1ncns1. The van der Waals surface area contributed by atoms with Crippen molar-refractivity contribution >= 4 is 27.5 Å². The van der Waals surface area contributed by atoms with Gasteiger partial charge in [0.1, 0.15) is 12.1 Å². The van der Waals surface area contributed by atoms with Crippen LogP contribution < -0.4 is 4.74 Å². The fourth-order valence-corrected chi connectivity index (χ4v) is 1.60. The lowest BCUT2D eigenvalue weighted by molar-refractivity contribution is 0.476. The lowest BCUT2D eigenvalue weighted by atomic mass is 10.3. The molecule has 2 aromatic rings. The Labute approximate surface area is 87.7 Å². The third-order valence-electron chi connectivity index (χ3n) is 1.38. The zero-order valence-electron chi connectivity index (χ0n) is 6.48. The molecule has 0 radical (unpaired) electrons. The monoisotopic (exact) mass is 256 g/mol. The van der Waals surface area contributed by atoms with Crippen molar-refractivity contribution in [2.75, 3.05) is 0 Å². The van der Waals surface area contributed by atoms with E-state index in [1.54, 1.807) is 0 Å². The summed E-state index contributed by atoms with van der Waals surface area (Å²) in [7, 11) is 0. The molecule has 0 unspecified atom stereocenters. The summed E-state index contributed by atoms with van der Waals surface area (Å²) in [5.41, 5.74) is 0. The molecule has 5 heteroatoms. The lowest BCUT2D eigenvalue weighted by Gasteiger charge is -2.01. The molecule has 0 atom stereocenters. The van der Waals surface area contributed by atoms with Crippen molar-refractivity contribution in [3.05, 3.63) is 35.1 Å². The van der Waals surface area contributed by atoms with Gasteiger partial charge < -0.3 is 4.74 Å². The number of hydrogen-bond acceptors (Lipinski definition) is 4. The molecule has 0 fully saturated rings. The van der Waals surface area contributed by atoms with Gasteiger partial charge in [-0.2, -0.15) is 9.36 Å². The van der Waals surface area contributed by atoms with E-state index >= 15 is 0 Å². The van der Waals surface area contributed by atoms with E-state index < -0.39 is 0 Å². The van der Waals surface area contributed by atoms with Gasteiger partial charge in [0.15, 0.2) is 0 Å². The van der Waals surface area contributed by atoms with Crippen molar-refractivity contribution in [1.82, 2.24) is 9.36 Å². The van der Waals surface area contributed by atoms with Gasteiger partial charge in [-0.3, -0.25) is 0 Å². The second-order valence-corrected chi connectivity index (χ2v) is 3.84. The second kappa shape index (κ2) is 3.85. The standard InChI is InChI=1S/C8H5BrN2OS/c9-6-3-1-2-4-7(6)12-8-10-5-11-13-8/h1-5H. The third-order valence-corrected chi connectivity index (χ3v) is 2.57. The van der Waals surface area contributed by atoms with Gasteiger partial charge in [-0.15, -0.1) is 0 Å². The molecule has 13 heavy (non-hydrogen) atoms. The average Bonchev–Trinajstić information content (AvgIpc) is 2.61. The molecule has 0 saturated carbocycles. The van der Waals surface area contributed by atoms with Crippen LogP contribution in [0.1, 0.15) is 0 Å². The summed E-state index contributed by atoms with van der Waals surface area (Å²) in [5, 5.41) is 0.548. The first kappa shape index (κ1) is 8.65. The van der Waals surface area contributed by atoms with E-state index in [4.69, 9.17) is 4.74 Å². The van der Waals surface area contributed by atoms with Crippen LogP contribution in [0.3, 0.4) is 0 Å². The normalized spacial score (nSPS) is 9.92. The van der Waals surface area contributed by atoms with E-state index in [9.17, 15) is 0 Å². The Kier molecular flexibility index (Phi) is 2.56. The van der Waals surface area contributed by atoms with Crippen LogP contribution in [-0.2, 0) is 0 Å². The van der Waals surface area contributed by atoms with Crippen molar-refractivity contribution < 1.29 is 4.74 Å². The fourth-order valence-electron chi connectivity index (χ4n) is 0.829. The van der Waals surface area contributed by atoms with E-state index in [1.165, 1.54) is 17.9 Å². The predicted molar refractivity (Wildman–Crippen MR) is 54.1 cm³/mol. The Morgan fingerprint density at radius 2 is 2.15 bits per heavy atom.